The van der Waals surface area contributed by atoms with Crippen molar-refractivity contribution >= 4 is 34.7 Å². The van der Waals surface area contributed by atoms with E-state index in [0.29, 0.717) is 23.6 Å². The quantitative estimate of drug-likeness (QED) is 0.313. The summed E-state index contributed by atoms with van der Waals surface area (Å²) in [6.07, 6.45) is 3.16. The van der Waals surface area contributed by atoms with Crippen LogP contribution in [-0.4, -0.2) is 28.4 Å². The molecule has 1 N–H and O–H groups in total. The molecule has 4 rings (SSSR count). The van der Waals surface area contributed by atoms with Crippen molar-refractivity contribution in [2.24, 2.45) is 0 Å². The van der Waals surface area contributed by atoms with Gasteiger partial charge in [-0.15, -0.1) is 0 Å². The van der Waals surface area contributed by atoms with Gasteiger partial charge in [-0.1, -0.05) is 17.7 Å². The van der Waals surface area contributed by atoms with E-state index in [4.69, 9.17) is 16.3 Å². The smallest absolute Gasteiger partial charge is 0.300 e. The zero-order valence-electron chi connectivity index (χ0n) is 18.5. The van der Waals surface area contributed by atoms with Gasteiger partial charge in [-0.25, -0.2) is 0 Å². The molecule has 1 aromatic heterocycles. The Bertz CT molecular complexity index is 1270. The molecular weight excluding hydrogens is 440 g/mol. The molecule has 168 valence electrons. The summed E-state index contributed by atoms with van der Waals surface area (Å²) in [5, 5.41) is 11.5. The Balaban J connectivity index is 1.95. The van der Waals surface area contributed by atoms with Gasteiger partial charge in [-0.3, -0.25) is 19.5 Å². The second kappa shape index (κ2) is 9.08. The molecule has 0 saturated carbocycles. The number of aromatic nitrogens is 1. The van der Waals surface area contributed by atoms with E-state index in [1.54, 1.807) is 48.8 Å². The molecule has 6 nitrogen and oxygen atoms in total. The fraction of sp³-hybridized carbons (Fsp3) is 0.192. The van der Waals surface area contributed by atoms with Gasteiger partial charge < -0.3 is 9.84 Å². The summed E-state index contributed by atoms with van der Waals surface area (Å²) in [6.45, 7) is 6.18. The van der Waals surface area contributed by atoms with Crippen molar-refractivity contribution < 1.29 is 19.4 Å². The van der Waals surface area contributed by atoms with Crippen LogP contribution in [0.1, 0.15) is 35.2 Å². The summed E-state index contributed by atoms with van der Waals surface area (Å²) in [5.41, 5.74) is 3.43. The third kappa shape index (κ3) is 4.10. The SMILES string of the molecule is CCOc1ccc(Cl)c(/C(O)=C2\C(=O)C(=O)N(c3ccc(C)c(C)c3)C2c2ccncc2)c1. The van der Waals surface area contributed by atoms with Crippen LogP contribution in [0.5, 0.6) is 5.75 Å². The molecule has 0 bridgehead atoms. The van der Waals surface area contributed by atoms with Gasteiger partial charge in [0.05, 0.1) is 23.2 Å². The van der Waals surface area contributed by atoms with E-state index >= 15 is 0 Å². The number of aliphatic hydroxyl groups is 1. The second-order valence-electron chi connectivity index (χ2n) is 7.79. The number of carbonyl (C=O) groups excluding carboxylic acids is 2. The number of Topliss-reactive ketones (excluding diaryl/α,β-unsaturated/α-hetero) is 1. The van der Waals surface area contributed by atoms with Gasteiger partial charge in [0.1, 0.15) is 11.5 Å². The third-order valence-electron chi connectivity index (χ3n) is 5.74. The minimum absolute atomic E-state index is 0.0417. The van der Waals surface area contributed by atoms with Crippen LogP contribution in [0.3, 0.4) is 0 Å². The number of pyridine rings is 1. The van der Waals surface area contributed by atoms with E-state index < -0.39 is 17.7 Å². The molecule has 0 spiro atoms. The maximum atomic E-state index is 13.3. The van der Waals surface area contributed by atoms with Crippen molar-refractivity contribution in [3.05, 3.63) is 93.8 Å². The number of amides is 1. The van der Waals surface area contributed by atoms with E-state index in [9.17, 15) is 14.7 Å². The summed E-state index contributed by atoms with van der Waals surface area (Å²) in [4.78, 5) is 32.0. The van der Waals surface area contributed by atoms with Gasteiger partial charge in [0.2, 0.25) is 0 Å². The van der Waals surface area contributed by atoms with Crippen LogP contribution < -0.4 is 9.64 Å². The minimum atomic E-state index is -0.845. The fourth-order valence-electron chi connectivity index (χ4n) is 3.92. The number of ether oxygens (including phenoxy) is 1. The number of anilines is 1. The van der Waals surface area contributed by atoms with E-state index in [1.165, 1.54) is 4.90 Å². The fourth-order valence-corrected chi connectivity index (χ4v) is 4.13. The van der Waals surface area contributed by atoms with E-state index in [2.05, 4.69) is 4.98 Å². The van der Waals surface area contributed by atoms with Gasteiger partial charge >= 0.3 is 0 Å². The van der Waals surface area contributed by atoms with Gasteiger partial charge in [0.15, 0.2) is 0 Å². The minimum Gasteiger partial charge on any atom is -0.507 e. The lowest BCUT2D eigenvalue weighted by Gasteiger charge is -2.26. The molecule has 2 heterocycles. The lowest BCUT2D eigenvalue weighted by atomic mass is 9.95. The van der Waals surface area contributed by atoms with Gasteiger partial charge in [0, 0.05) is 23.6 Å². The van der Waals surface area contributed by atoms with E-state index in [1.807, 2.05) is 32.9 Å². The Hall–Kier alpha value is -3.64. The van der Waals surface area contributed by atoms with Crippen LogP contribution >= 0.6 is 11.6 Å². The normalized spacial score (nSPS) is 17.5. The van der Waals surface area contributed by atoms with Crippen LogP contribution in [0.4, 0.5) is 5.69 Å². The molecule has 1 unspecified atom stereocenters. The first kappa shape index (κ1) is 22.6. The second-order valence-corrected chi connectivity index (χ2v) is 8.20. The molecule has 1 aliphatic rings. The molecule has 3 aromatic rings. The summed E-state index contributed by atoms with van der Waals surface area (Å²) in [5.74, 6) is -1.37. The topological polar surface area (TPSA) is 79.7 Å². The Morgan fingerprint density at radius 2 is 1.79 bits per heavy atom. The highest BCUT2D eigenvalue weighted by Crippen LogP contribution is 2.43. The number of benzene rings is 2. The number of aryl methyl sites for hydroxylation is 2. The number of nitrogens with zero attached hydrogens (tertiary/aromatic N) is 2. The molecule has 1 saturated heterocycles. The Morgan fingerprint density at radius 3 is 2.45 bits per heavy atom. The summed E-state index contributed by atoms with van der Waals surface area (Å²) < 4.78 is 5.53. The maximum Gasteiger partial charge on any atom is 0.300 e. The van der Waals surface area contributed by atoms with Gasteiger partial charge in [0.25, 0.3) is 11.7 Å². The lowest BCUT2D eigenvalue weighted by molar-refractivity contribution is -0.132. The number of ketones is 1. The highest BCUT2D eigenvalue weighted by atomic mass is 35.5. The first-order valence-corrected chi connectivity index (χ1v) is 10.9. The number of hydrogen-bond acceptors (Lipinski definition) is 5. The van der Waals surface area contributed by atoms with Gasteiger partial charge in [-0.2, -0.15) is 0 Å². The number of rotatable bonds is 5. The zero-order valence-corrected chi connectivity index (χ0v) is 19.3. The summed E-state index contributed by atoms with van der Waals surface area (Å²) in [7, 11) is 0. The average molecular weight is 463 g/mol. The number of hydrogen-bond donors (Lipinski definition) is 1. The molecule has 0 radical (unpaired) electrons. The number of aliphatic hydroxyl groups excluding tert-OH is 1. The van der Waals surface area contributed by atoms with Crippen molar-refractivity contribution in [3.63, 3.8) is 0 Å². The molecule has 1 atom stereocenters. The molecule has 0 aliphatic carbocycles. The Morgan fingerprint density at radius 1 is 1.06 bits per heavy atom. The lowest BCUT2D eigenvalue weighted by Crippen LogP contribution is -2.29. The van der Waals surface area contributed by atoms with Crippen molar-refractivity contribution in [1.82, 2.24) is 4.98 Å². The van der Waals surface area contributed by atoms with Crippen LogP contribution in [0.2, 0.25) is 5.02 Å². The van der Waals surface area contributed by atoms with E-state index in [-0.39, 0.29) is 21.9 Å². The van der Waals surface area contributed by atoms with Crippen molar-refractivity contribution in [2.75, 3.05) is 11.5 Å². The zero-order chi connectivity index (χ0) is 23.7. The number of carbonyl (C=O) groups is 2. The number of halogens is 1. The molecule has 1 amide bonds. The largest absolute Gasteiger partial charge is 0.507 e. The maximum absolute atomic E-state index is 13.3. The standard InChI is InChI=1S/C26H23ClN2O4/c1-4-33-19-7-8-21(27)20(14-19)24(30)22-23(17-9-11-28-12-10-17)29(26(32)25(22)31)18-6-5-15(2)16(3)13-18/h5-14,23,30H,4H2,1-3H3/b24-22+. The van der Waals surface area contributed by atoms with E-state index in [0.717, 1.165) is 11.1 Å². The predicted molar refractivity (Wildman–Crippen MR) is 128 cm³/mol. The molecule has 1 fully saturated rings. The van der Waals surface area contributed by atoms with Crippen LogP contribution in [-0.2, 0) is 9.59 Å². The highest BCUT2D eigenvalue weighted by Gasteiger charge is 2.47. The van der Waals surface area contributed by atoms with Crippen LogP contribution in [0.25, 0.3) is 5.76 Å². The highest BCUT2D eigenvalue weighted by molar-refractivity contribution is 6.52. The molecule has 33 heavy (non-hydrogen) atoms. The van der Waals surface area contributed by atoms with Crippen LogP contribution in [0, 0.1) is 13.8 Å². The van der Waals surface area contributed by atoms with Crippen molar-refractivity contribution in [3.8, 4) is 5.75 Å². The average Bonchev–Trinajstić information content (AvgIpc) is 3.08. The monoisotopic (exact) mass is 462 g/mol. The molecule has 1 aliphatic heterocycles. The first-order chi connectivity index (χ1) is 15.8. The Labute approximate surface area is 197 Å². The predicted octanol–water partition coefficient (Wildman–Crippen LogP) is 5.38. The molecule has 7 heteroatoms. The summed E-state index contributed by atoms with van der Waals surface area (Å²) >= 11 is 6.37. The molecular formula is C26H23ClN2O4. The third-order valence-corrected chi connectivity index (χ3v) is 6.07. The van der Waals surface area contributed by atoms with Crippen molar-refractivity contribution in [2.45, 2.75) is 26.8 Å². The Kier molecular flexibility index (Phi) is 6.20. The van der Waals surface area contributed by atoms with Crippen molar-refractivity contribution in [1.29, 1.82) is 0 Å². The molecule has 2 aromatic carbocycles. The summed E-state index contributed by atoms with van der Waals surface area (Å²) in [6, 6.07) is 13.0. The first-order valence-electron chi connectivity index (χ1n) is 10.5. The van der Waals surface area contributed by atoms with Gasteiger partial charge in [-0.05, 0) is 79.9 Å². The van der Waals surface area contributed by atoms with Crippen LogP contribution in [0.15, 0.2) is 66.5 Å².